The highest BCUT2D eigenvalue weighted by atomic mass is 35.5. The molecule has 0 fully saturated rings. The van der Waals surface area contributed by atoms with Gasteiger partial charge >= 0.3 is 0 Å². The fourth-order valence-electron chi connectivity index (χ4n) is 0.473. The van der Waals surface area contributed by atoms with Crippen LogP contribution in [0.2, 0.25) is 5.02 Å². The minimum Gasteiger partial charge on any atom is -0.266 e. The number of hydrogen-bond donors (Lipinski definition) is 1. The van der Waals surface area contributed by atoms with Crippen LogP contribution in [0.4, 0.5) is 0 Å². The highest BCUT2D eigenvalue weighted by Gasteiger charge is 1.96. The van der Waals surface area contributed by atoms with E-state index >= 15 is 0 Å². The second-order valence-corrected chi connectivity index (χ2v) is 2.07. The van der Waals surface area contributed by atoms with E-state index < -0.39 is 0 Å². The number of halogens is 1. The van der Waals surface area contributed by atoms with Crippen LogP contribution in [0.5, 0.6) is 0 Å². The van der Waals surface area contributed by atoms with E-state index in [-0.39, 0.29) is 10.6 Å². The number of nitrogens with one attached hydrogen (secondary N) is 1. The van der Waals surface area contributed by atoms with Crippen molar-refractivity contribution in [1.29, 1.82) is 0 Å². The molecule has 0 aliphatic carbocycles. The number of aryl methyl sites for hydroxylation is 1. The van der Waals surface area contributed by atoms with E-state index in [1.54, 1.807) is 6.92 Å². The molecule has 11 heavy (non-hydrogen) atoms. The van der Waals surface area contributed by atoms with Gasteiger partial charge in [-0.2, -0.15) is 5.10 Å². The lowest BCUT2D eigenvalue weighted by atomic mass is 10.4. The number of aromatic amines is 1. The standard InChI is InChI=1S/C5H5ClN2O.C2H6/c1-3-2-7-8-5(9)4(3)6;1-2/h2H,1H3,(H,8,9);1-2H3. The van der Waals surface area contributed by atoms with Crippen molar-refractivity contribution in [1.82, 2.24) is 10.2 Å². The van der Waals surface area contributed by atoms with E-state index in [2.05, 4.69) is 10.2 Å². The smallest absolute Gasteiger partial charge is 0.266 e. The van der Waals surface area contributed by atoms with E-state index in [1.807, 2.05) is 13.8 Å². The molecule has 0 unspecified atom stereocenters. The first-order valence-electron chi connectivity index (χ1n) is 3.41. The average Bonchev–Trinajstić information content (AvgIpc) is 2.04. The third-order valence-electron chi connectivity index (χ3n) is 0.970. The molecule has 0 bridgehead atoms. The Balaban J connectivity index is 0.000000461. The molecule has 4 heteroatoms. The van der Waals surface area contributed by atoms with Gasteiger partial charge in [0.05, 0.1) is 6.20 Å². The molecule has 0 saturated heterocycles. The lowest BCUT2D eigenvalue weighted by molar-refractivity contribution is 0.974. The van der Waals surface area contributed by atoms with Gasteiger partial charge in [-0.15, -0.1) is 0 Å². The number of nitrogens with zero attached hydrogens (tertiary/aromatic N) is 1. The van der Waals surface area contributed by atoms with Gasteiger partial charge in [0.15, 0.2) is 0 Å². The maximum absolute atomic E-state index is 10.6. The van der Waals surface area contributed by atoms with Gasteiger partial charge in [0.1, 0.15) is 5.02 Å². The minimum absolute atomic E-state index is 0.213. The fraction of sp³-hybridized carbons (Fsp3) is 0.429. The monoisotopic (exact) mass is 174 g/mol. The highest BCUT2D eigenvalue weighted by molar-refractivity contribution is 6.31. The highest BCUT2D eigenvalue weighted by Crippen LogP contribution is 2.03. The topological polar surface area (TPSA) is 45.8 Å². The summed E-state index contributed by atoms with van der Waals surface area (Å²) in [5, 5.41) is 5.94. The first kappa shape index (κ1) is 10.2. The van der Waals surface area contributed by atoms with Gasteiger partial charge in [0.25, 0.3) is 5.56 Å². The number of rotatable bonds is 0. The molecule has 0 atom stereocenters. The van der Waals surface area contributed by atoms with Crippen LogP contribution in [0.3, 0.4) is 0 Å². The lowest BCUT2D eigenvalue weighted by Crippen LogP contribution is -2.08. The van der Waals surface area contributed by atoms with E-state index in [0.29, 0.717) is 5.56 Å². The summed E-state index contributed by atoms with van der Waals surface area (Å²) in [5.41, 5.74) is 0.358. The Labute approximate surface area is 70.4 Å². The molecule has 0 aliphatic rings. The largest absolute Gasteiger partial charge is 0.283 e. The molecule has 0 radical (unpaired) electrons. The summed E-state index contributed by atoms with van der Waals surface area (Å²) in [6, 6.07) is 0. The van der Waals surface area contributed by atoms with Crippen molar-refractivity contribution >= 4 is 11.6 Å². The van der Waals surface area contributed by atoms with Crippen LogP contribution in [0.1, 0.15) is 19.4 Å². The Bertz CT molecular complexity index is 269. The molecule has 0 saturated carbocycles. The SMILES string of the molecule is CC.Cc1cn[nH]c(=O)c1Cl. The number of hydrogen-bond acceptors (Lipinski definition) is 2. The van der Waals surface area contributed by atoms with Gasteiger partial charge in [-0.05, 0) is 12.5 Å². The molecule has 0 spiro atoms. The molecule has 1 aromatic heterocycles. The van der Waals surface area contributed by atoms with E-state index in [0.717, 1.165) is 0 Å². The van der Waals surface area contributed by atoms with Crippen LogP contribution in [0.15, 0.2) is 11.0 Å². The summed E-state index contributed by atoms with van der Waals surface area (Å²) in [6.45, 7) is 5.73. The summed E-state index contributed by atoms with van der Waals surface area (Å²) in [7, 11) is 0. The van der Waals surface area contributed by atoms with E-state index in [1.165, 1.54) is 6.20 Å². The summed E-state index contributed by atoms with van der Waals surface area (Å²) in [4.78, 5) is 10.6. The molecule has 0 amide bonds. The zero-order valence-electron chi connectivity index (χ0n) is 6.81. The Morgan fingerprint density at radius 2 is 2.09 bits per heavy atom. The Hall–Kier alpha value is -0.830. The summed E-state index contributed by atoms with van der Waals surface area (Å²) >= 11 is 5.49. The summed E-state index contributed by atoms with van der Waals surface area (Å²) < 4.78 is 0. The first-order valence-corrected chi connectivity index (χ1v) is 3.79. The van der Waals surface area contributed by atoms with Crippen molar-refractivity contribution in [2.75, 3.05) is 0 Å². The van der Waals surface area contributed by atoms with Crippen molar-refractivity contribution in [2.45, 2.75) is 20.8 Å². The normalized spacial score (nSPS) is 8.36. The van der Waals surface area contributed by atoms with Crippen LogP contribution in [0, 0.1) is 6.92 Å². The predicted octanol–water partition coefficient (Wildman–Crippen LogP) is 1.76. The second kappa shape index (κ2) is 4.91. The van der Waals surface area contributed by atoms with Crippen molar-refractivity contribution in [3.8, 4) is 0 Å². The van der Waals surface area contributed by atoms with Gasteiger partial charge in [0.2, 0.25) is 0 Å². The van der Waals surface area contributed by atoms with E-state index in [9.17, 15) is 4.79 Å². The molecule has 1 rings (SSSR count). The Morgan fingerprint density at radius 3 is 2.45 bits per heavy atom. The van der Waals surface area contributed by atoms with Crippen molar-refractivity contribution in [3.05, 3.63) is 27.1 Å². The van der Waals surface area contributed by atoms with Crippen LogP contribution in [-0.2, 0) is 0 Å². The summed E-state index contributed by atoms with van der Waals surface area (Å²) in [6.07, 6.45) is 1.50. The molecular formula is C7H11ClN2O. The molecule has 62 valence electrons. The Morgan fingerprint density at radius 1 is 1.55 bits per heavy atom. The molecule has 0 aromatic carbocycles. The van der Waals surface area contributed by atoms with Gasteiger partial charge in [-0.1, -0.05) is 25.4 Å². The van der Waals surface area contributed by atoms with Crippen molar-refractivity contribution in [3.63, 3.8) is 0 Å². The summed E-state index contributed by atoms with van der Waals surface area (Å²) in [5.74, 6) is 0. The van der Waals surface area contributed by atoms with Crippen molar-refractivity contribution in [2.24, 2.45) is 0 Å². The first-order chi connectivity index (χ1) is 5.22. The lowest BCUT2D eigenvalue weighted by Gasteiger charge is -1.89. The van der Waals surface area contributed by atoms with Gasteiger partial charge in [-0.3, -0.25) is 4.79 Å². The molecule has 0 aliphatic heterocycles. The van der Waals surface area contributed by atoms with Gasteiger partial charge < -0.3 is 0 Å². The quantitative estimate of drug-likeness (QED) is 0.652. The predicted molar refractivity (Wildman–Crippen MR) is 46.0 cm³/mol. The third kappa shape index (κ3) is 2.72. The molecule has 3 nitrogen and oxygen atoms in total. The molecule has 1 heterocycles. The number of H-pyrrole nitrogens is 1. The maximum Gasteiger partial charge on any atom is 0.283 e. The van der Waals surface area contributed by atoms with Crippen LogP contribution in [-0.4, -0.2) is 10.2 Å². The van der Waals surface area contributed by atoms with Gasteiger partial charge in [0, 0.05) is 0 Å². The zero-order valence-corrected chi connectivity index (χ0v) is 7.57. The van der Waals surface area contributed by atoms with E-state index in [4.69, 9.17) is 11.6 Å². The Kier molecular flexibility index (Phi) is 4.54. The van der Waals surface area contributed by atoms with Crippen molar-refractivity contribution < 1.29 is 0 Å². The van der Waals surface area contributed by atoms with Crippen LogP contribution < -0.4 is 5.56 Å². The molecule has 1 N–H and O–H groups in total. The van der Waals surface area contributed by atoms with Crippen LogP contribution >= 0.6 is 11.6 Å². The average molecular weight is 175 g/mol. The molecular weight excluding hydrogens is 164 g/mol. The zero-order chi connectivity index (χ0) is 8.85. The third-order valence-corrected chi connectivity index (χ3v) is 1.44. The van der Waals surface area contributed by atoms with Gasteiger partial charge in [-0.25, -0.2) is 5.10 Å². The number of aromatic nitrogens is 2. The minimum atomic E-state index is -0.336. The molecule has 1 aromatic rings. The van der Waals surface area contributed by atoms with Crippen LogP contribution in [0.25, 0.3) is 0 Å². The maximum atomic E-state index is 10.6. The fourth-order valence-corrected chi connectivity index (χ4v) is 0.564. The second-order valence-electron chi connectivity index (χ2n) is 1.70.